The van der Waals surface area contributed by atoms with Crippen LogP contribution in [0.3, 0.4) is 0 Å². The Morgan fingerprint density at radius 3 is 1.05 bits per heavy atom. The van der Waals surface area contributed by atoms with Gasteiger partial charge in [-0.2, -0.15) is 0 Å². The minimum atomic E-state index is 0.184. The molecule has 0 N–H and O–H groups in total. The van der Waals surface area contributed by atoms with Gasteiger partial charge in [-0.3, -0.25) is 0 Å². The maximum atomic E-state index is 2.38. The molecule has 0 saturated heterocycles. The van der Waals surface area contributed by atoms with Gasteiger partial charge < -0.3 is 0 Å². The van der Waals surface area contributed by atoms with Crippen molar-refractivity contribution in [3.8, 4) is 40.4 Å². The first-order chi connectivity index (χ1) is 18.0. The summed E-state index contributed by atoms with van der Waals surface area (Å²) in [6.45, 7) is 13.6. The Bertz CT molecular complexity index is 1550. The van der Waals surface area contributed by atoms with Gasteiger partial charge in [0.2, 0.25) is 0 Å². The molecule has 0 unspecified atom stereocenters. The molecule has 6 aromatic rings. The van der Waals surface area contributed by atoms with Crippen LogP contribution in [0, 0.1) is 0 Å². The molecule has 0 aliphatic carbocycles. The fourth-order valence-electron chi connectivity index (χ4n) is 4.60. The largest absolute Gasteiger partial charge is 0.134 e. The van der Waals surface area contributed by atoms with Gasteiger partial charge in [0.1, 0.15) is 0 Å². The predicted molar refractivity (Wildman–Crippen MR) is 175 cm³/mol. The molecule has 0 nitrogen and oxygen atoms in total. The molecule has 0 amide bonds. The highest BCUT2D eigenvalue weighted by molar-refractivity contribution is 7.33. The van der Waals surface area contributed by atoms with Gasteiger partial charge in [-0.05, 0) is 69.5 Å². The number of hydrogen-bond acceptors (Lipinski definition) is 4. The molecule has 0 fully saturated rings. The van der Waals surface area contributed by atoms with Crippen LogP contribution in [0.15, 0.2) is 84.9 Å². The highest BCUT2D eigenvalue weighted by atomic mass is 32.1. The lowest BCUT2D eigenvalue weighted by molar-refractivity contribution is 0.590. The third kappa shape index (κ3) is 5.08. The predicted octanol–water partition coefficient (Wildman–Crippen LogP) is 12.3. The highest BCUT2D eigenvalue weighted by Gasteiger charge is 2.16. The lowest BCUT2D eigenvalue weighted by Crippen LogP contribution is -2.10. The van der Waals surface area contributed by atoms with Crippen LogP contribution in [0.5, 0.6) is 0 Å². The lowest BCUT2D eigenvalue weighted by Gasteiger charge is -2.18. The van der Waals surface area contributed by atoms with E-state index in [2.05, 4.69) is 126 Å². The summed E-state index contributed by atoms with van der Waals surface area (Å²) < 4.78 is 2.77. The Kier molecular flexibility index (Phi) is 6.51. The first-order valence-electron chi connectivity index (χ1n) is 13.0. The number of thiophene rings is 4. The molecule has 38 heavy (non-hydrogen) atoms. The van der Waals surface area contributed by atoms with Crippen LogP contribution >= 0.6 is 45.3 Å². The zero-order valence-corrected chi connectivity index (χ0v) is 26.0. The second-order valence-corrected chi connectivity index (χ2v) is 16.3. The van der Waals surface area contributed by atoms with Crippen LogP contribution in [0.1, 0.15) is 52.7 Å². The van der Waals surface area contributed by atoms with Crippen LogP contribution < -0.4 is 0 Å². The average molecular weight is 569 g/mol. The van der Waals surface area contributed by atoms with Crippen LogP contribution in [-0.2, 0) is 10.8 Å². The molecule has 4 heterocycles. The smallest absolute Gasteiger partial charge is 0.0464 e. The van der Waals surface area contributed by atoms with Crippen molar-refractivity contribution in [3.63, 3.8) is 0 Å². The molecule has 0 aliphatic heterocycles. The van der Waals surface area contributed by atoms with Crippen molar-refractivity contribution < 1.29 is 0 Å². The van der Waals surface area contributed by atoms with Crippen molar-refractivity contribution in [1.82, 2.24) is 0 Å². The molecule has 0 spiro atoms. The summed E-state index contributed by atoms with van der Waals surface area (Å²) in [5.41, 5.74) is 5.73. The van der Waals surface area contributed by atoms with Crippen LogP contribution in [0.4, 0.5) is 0 Å². The number of rotatable bonds is 4. The van der Waals surface area contributed by atoms with Crippen molar-refractivity contribution in [2.45, 2.75) is 52.4 Å². The average Bonchev–Trinajstić information content (AvgIpc) is 3.66. The molecule has 0 radical (unpaired) electrons. The standard InChI is InChI=1S/C34H32S4/c1-33(2,3)23-11-7-21(8-12-23)25-15-17-27(35-25)29-19-31-32(37-29)20-30(38-31)28-18-16-26(36-28)22-9-13-24(14-10-22)34(4,5)6/h7-20H,1-6H3. The molecular formula is C34H32S4. The minimum absolute atomic E-state index is 0.184. The molecule has 6 rings (SSSR count). The number of benzene rings is 2. The van der Waals surface area contributed by atoms with Crippen molar-refractivity contribution >= 4 is 54.7 Å². The molecule has 4 heteroatoms. The Morgan fingerprint density at radius 1 is 0.368 bits per heavy atom. The van der Waals surface area contributed by atoms with Gasteiger partial charge in [0, 0.05) is 38.7 Å². The molecule has 4 aromatic heterocycles. The molecule has 2 aromatic carbocycles. The van der Waals surface area contributed by atoms with Gasteiger partial charge in [-0.25, -0.2) is 0 Å². The third-order valence-corrected chi connectivity index (χ3v) is 11.9. The summed E-state index contributed by atoms with van der Waals surface area (Å²) in [5, 5.41) is 0. The van der Waals surface area contributed by atoms with Gasteiger partial charge in [0.15, 0.2) is 0 Å². The Labute approximate surface area is 242 Å². The van der Waals surface area contributed by atoms with E-state index in [4.69, 9.17) is 0 Å². The first-order valence-corrected chi connectivity index (χ1v) is 16.3. The third-order valence-electron chi connectivity index (χ3n) is 6.98. The Hall–Kier alpha value is -2.50. The quantitative estimate of drug-likeness (QED) is 0.198. The van der Waals surface area contributed by atoms with Crippen molar-refractivity contribution in [1.29, 1.82) is 0 Å². The molecular weight excluding hydrogens is 537 g/mol. The van der Waals surface area contributed by atoms with Crippen molar-refractivity contribution in [3.05, 3.63) is 96.1 Å². The van der Waals surface area contributed by atoms with Crippen molar-refractivity contribution in [2.75, 3.05) is 0 Å². The number of hydrogen-bond donors (Lipinski definition) is 0. The molecule has 0 aliphatic rings. The second kappa shape index (κ2) is 9.60. The van der Waals surface area contributed by atoms with E-state index in [1.54, 1.807) is 0 Å². The molecule has 192 valence electrons. The fraction of sp³-hybridized carbons (Fsp3) is 0.235. The highest BCUT2D eigenvalue weighted by Crippen LogP contribution is 2.46. The Morgan fingerprint density at radius 2 is 0.711 bits per heavy atom. The van der Waals surface area contributed by atoms with E-state index in [1.807, 2.05) is 45.3 Å². The van der Waals surface area contributed by atoms with E-state index in [0.29, 0.717) is 0 Å². The van der Waals surface area contributed by atoms with E-state index in [1.165, 1.54) is 60.9 Å². The SMILES string of the molecule is CC(C)(C)c1ccc(-c2ccc(-c3cc4sc(-c5ccc(-c6ccc(C(C)(C)C)cc6)s5)cc4s3)s2)cc1. The van der Waals surface area contributed by atoms with Crippen molar-refractivity contribution in [2.24, 2.45) is 0 Å². The van der Waals surface area contributed by atoms with Crippen LogP contribution in [0.25, 0.3) is 49.8 Å². The summed E-state index contributed by atoms with van der Waals surface area (Å²) in [6.07, 6.45) is 0. The monoisotopic (exact) mass is 568 g/mol. The molecule has 0 bridgehead atoms. The minimum Gasteiger partial charge on any atom is -0.134 e. The van der Waals surface area contributed by atoms with E-state index in [-0.39, 0.29) is 10.8 Å². The van der Waals surface area contributed by atoms with Gasteiger partial charge in [0.05, 0.1) is 0 Å². The summed E-state index contributed by atoms with van der Waals surface area (Å²) in [7, 11) is 0. The normalized spacial score (nSPS) is 12.5. The maximum Gasteiger partial charge on any atom is 0.0464 e. The fourth-order valence-corrected chi connectivity index (χ4v) is 9.18. The summed E-state index contributed by atoms with van der Waals surface area (Å²) >= 11 is 7.61. The first kappa shape index (κ1) is 25.8. The van der Waals surface area contributed by atoms with Gasteiger partial charge in [-0.1, -0.05) is 90.1 Å². The number of fused-ring (bicyclic) bond motifs is 1. The van der Waals surface area contributed by atoms with Gasteiger partial charge >= 0.3 is 0 Å². The van der Waals surface area contributed by atoms with E-state index in [9.17, 15) is 0 Å². The van der Waals surface area contributed by atoms with E-state index < -0.39 is 0 Å². The van der Waals surface area contributed by atoms with Crippen LogP contribution in [-0.4, -0.2) is 0 Å². The molecule has 0 atom stereocenters. The topological polar surface area (TPSA) is 0 Å². The Balaban J connectivity index is 1.21. The molecule has 0 saturated carbocycles. The summed E-state index contributed by atoms with van der Waals surface area (Å²) in [5.74, 6) is 0. The maximum absolute atomic E-state index is 2.38. The van der Waals surface area contributed by atoms with Crippen LogP contribution in [0.2, 0.25) is 0 Å². The second-order valence-electron chi connectivity index (χ2n) is 11.9. The van der Waals surface area contributed by atoms with Gasteiger partial charge in [0.25, 0.3) is 0 Å². The van der Waals surface area contributed by atoms with Gasteiger partial charge in [-0.15, -0.1) is 45.3 Å². The lowest BCUT2D eigenvalue weighted by atomic mass is 9.86. The van der Waals surface area contributed by atoms with E-state index >= 15 is 0 Å². The summed E-state index contributed by atoms with van der Waals surface area (Å²) in [4.78, 5) is 8.11. The van der Waals surface area contributed by atoms with E-state index in [0.717, 1.165) is 0 Å². The zero-order valence-electron chi connectivity index (χ0n) is 22.7. The zero-order chi connectivity index (χ0) is 26.7. The summed E-state index contributed by atoms with van der Waals surface area (Å²) in [6, 6.07) is 32.0.